The molecule has 122 valence electrons. The highest BCUT2D eigenvalue weighted by molar-refractivity contribution is 7.10. The average molecular weight is 330 g/mol. The van der Waals surface area contributed by atoms with Gasteiger partial charge in [-0.3, -0.25) is 9.78 Å². The molecule has 23 heavy (non-hydrogen) atoms. The fourth-order valence-electron chi connectivity index (χ4n) is 3.01. The Kier molecular flexibility index (Phi) is 4.91. The summed E-state index contributed by atoms with van der Waals surface area (Å²) in [4.78, 5) is 26.6. The van der Waals surface area contributed by atoms with Crippen molar-refractivity contribution < 1.29 is 4.79 Å². The predicted molar refractivity (Wildman–Crippen MR) is 92.5 cm³/mol. The fourth-order valence-corrected chi connectivity index (χ4v) is 3.97. The van der Waals surface area contributed by atoms with E-state index >= 15 is 0 Å². The number of hydrogen-bond acceptors (Lipinski definition) is 5. The number of aromatic nitrogens is 2. The Balaban J connectivity index is 1.64. The van der Waals surface area contributed by atoms with Crippen LogP contribution >= 0.6 is 11.3 Å². The van der Waals surface area contributed by atoms with Crippen molar-refractivity contribution in [3.8, 4) is 0 Å². The molecule has 0 spiro atoms. The Hall–Kier alpha value is -1.95. The number of thiophene rings is 1. The Morgan fingerprint density at radius 2 is 2.35 bits per heavy atom. The molecule has 1 saturated heterocycles. The minimum absolute atomic E-state index is 0.0380. The molecule has 1 aliphatic heterocycles. The van der Waals surface area contributed by atoms with Crippen LogP contribution in [0.5, 0.6) is 0 Å². The molecule has 1 atom stereocenters. The number of aryl methyl sites for hydroxylation is 1. The number of anilines is 1. The maximum absolute atomic E-state index is 12.8. The molecular weight excluding hydrogens is 308 g/mol. The zero-order valence-electron chi connectivity index (χ0n) is 13.6. The summed E-state index contributed by atoms with van der Waals surface area (Å²) in [5.41, 5.74) is 1.26. The lowest BCUT2D eigenvalue weighted by Gasteiger charge is -2.34. The molecule has 3 heterocycles. The predicted octanol–water partition coefficient (Wildman–Crippen LogP) is 2.72. The van der Waals surface area contributed by atoms with Crippen molar-refractivity contribution >= 4 is 23.1 Å². The molecule has 0 aromatic carbocycles. The number of hydrogen-bond donors (Lipinski definition) is 0. The van der Waals surface area contributed by atoms with E-state index in [1.54, 1.807) is 29.9 Å². The molecule has 0 aliphatic carbocycles. The van der Waals surface area contributed by atoms with Crippen molar-refractivity contribution in [2.24, 2.45) is 5.92 Å². The lowest BCUT2D eigenvalue weighted by molar-refractivity contribution is -0.135. The van der Waals surface area contributed by atoms with Crippen LogP contribution in [0.15, 0.2) is 30.0 Å². The molecule has 2 aromatic rings. The first kappa shape index (κ1) is 15.9. The first-order chi connectivity index (χ1) is 11.1. The molecule has 5 nitrogen and oxygen atoms in total. The molecule has 2 aromatic heterocycles. The van der Waals surface area contributed by atoms with E-state index < -0.39 is 0 Å². The summed E-state index contributed by atoms with van der Waals surface area (Å²) >= 11 is 1.72. The number of piperidine rings is 1. The van der Waals surface area contributed by atoms with Crippen LogP contribution in [0.3, 0.4) is 0 Å². The van der Waals surface area contributed by atoms with E-state index in [1.807, 2.05) is 11.9 Å². The molecular formula is C17H22N4OS. The van der Waals surface area contributed by atoms with Crippen LogP contribution in [0.25, 0.3) is 0 Å². The van der Waals surface area contributed by atoms with Gasteiger partial charge in [-0.25, -0.2) is 4.98 Å². The highest BCUT2D eigenvalue weighted by Gasteiger charge is 2.28. The SMILES string of the molecule is Cc1ccsc1CN(C)C(=O)[C@@H]1CCCN(c2cnccn2)C1. The summed E-state index contributed by atoms with van der Waals surface area (Å²) in [7, 11) is 1.91. The van der Waals surface area contributed by atoms with E-state index in [0.29, 0.717) is 6.54 Å². The average Bonchev–Trinajstić information content (AvgIpc) is 3.00. The summed E-state index contributed by atoms with van der Waals surface area (Å²) < 4.78 is 0. The van der Waals surface area contributed by atoms with Crippen molar-refractivity contribution in [1.29, 1.82) is 0 Å². The zero-order valence-corrected chi connectivity index (χ0v) is 14.4. The van der Waals surface area contributed by atoms with Crippen LogP contribution in [-0.2, 0) is 11.3 Å². The van der Waals surface area contributed by atoms with Gasteiger partial charge in [0.05, 0.1) is 18.7 Å². The van der Waals surface area contributed by atoms with Crippen LogP contribution in [0.2, 0.25) is 0 Å². The van der Waals surface area contributed by atoms with Gasteiger partial charge in [-0.1, -0.05) is 0 Å². The van der Waals surface area contributed by atoms with Gasteiger partial charge in [-0.2, -0.15) is 0 Å². The van der Waals surface area contributed by atoms with E-state index in [9.17, 15) is 4.79 Å². The molecule has 1 amide bonds. The second kappa shape index (κ2) is 7.08. The monoisotopic (exact) mass is 330 g/mol. The number of carbonyl (C=O) groups excluding carboxylic acids is 1. The second-order valence-electron chi connectivity index (χ2n) is 6.07. The van der Waals surface area contributed by atoms with E-state index in [1.165, 1.54) is 10.4 Å². The highest BCUT2D eigenvalue weighted by atomic mass is 32.1. The molecule has 3 rings (SSSR count). The van der Waals surface area contributed by atoms with E-state index in [0.717, 1.165) is 31.7 Å². The van der Waals surface area contributed by atoms with Crippen LogP contribution < -0.4 is 4.90 Å². The maximum atomic E-state index is 12.8. The van der Waals surface area contributed by atoms with Crippen LogP contribution in [0.1, 0.15) is 23.3 Å². The number of nitrogens with zero attached hydrogens (tertiary/aromatic N) is 4. The van der Waals surface area contributed by atoms with Gasteiger partial charge < -0.3 is 9.80 Å². The van der Waals surface area contributed by atoms with Gasteiger partial charge in [0.1, 0.15) is 5.82 Å². The molecule has 0 bridgehead atoms. The molecule has 1 aliphatic rings. The van der Waals surface area contributed by atoms with Gasteiger partial charge in [-0.05, 0) is 36.8 Å². The molecule has 1 fully saturated rings. The van der Waals surface area contributed by atoms with Crippen LogP contribution in [-0.4, -0.2) is 40.9 Å². The van der Waals surface area contributed by atoms with Crippen molar-refractivity contribution in [3.05, 3.63) is 40.5 Å². The maximum Gasteiger partial charge on any atom is 0.227 e. The number of amides is 1. The third kappa shape index (κ3) is 3.69. The quantitative estimate of drug-likeness (QED) is 0.865. The van der Waals surface area contributed by atoms with Crippen molar-refractivity contribution in [2.75, 3.05) is 25.0 Å². The minimum atomic E-state index is 0.0380. The summed E-state index contributed by atoms with van der Waals surface area (Å²) in [6.45, 7) is 4.46. The summed E-state index contributed by atoms with van der Waals surface area (Å²) in [5, 5.41) is 2.08. The van der Waals surface area contributed by atoms with Crippen molar-refractivity contribution in [2.45, 2.75) is 26.3 Å². The lowest BCUT2D eigenvalue weighted by atomic mass is 9.96. The van der Waals surface area contributed by atoms with Crippen LogP contribution in [0, 0.1) is 12.8 Å². The smallest absolute Gasteiger partial charge is 0.227 e. The first-order valence-corrected chi connectivity index (χ1v) is 8.82. The third-order valence-electron chi connectivity index (χ3n) is 4.37. The van der Waals surface area contributed by atoms with Crippen molar-refractivity contribution in [3.63, 3.8) is 0 Å². The highest BCUT2D eigenvalue weighted by Crippen LogP contribution is 2.24. The standard InChI is InChI=1S/C17H22N4OS/c1-13-5-9-23-15(13)12-20(2)17(22)14-4-3-8-21(11-14)16-10-18-6-7-19-16/h5-7,9-10,14H,3-4,8,11-12H2,1-2H3/t14-/m1/s1. The first-order valence-electron chi connectivity index (χ1n) is 7.94. The Morgan fingerprint density at radius 3 is 3.04 bits per heavy atom. The van der Waals surface area contributed by atoms with Gasteiger partial charge >= 0.3 is 0 Å². The van der Waals surface area contributed by atoms with E-state index in [2.05, 4.69) is 33.2 Å². The second-order valence-corrected chi connectivity index (χ2v) is 7.07. The van der Waals surface area contributed by atoms with Crippen molar-refractivity contribution in [1.82, 2.24) is 14.9 Å². The number of rotatable bonds is 4. The number of carbonyl (C=O) groups is 1. The fraction of sp³-hybridized carbons (Fsp3) is 0.471. The summed E-state index contributed by atoms with van der Waals surface area (Å²) in [6.07, 6.45) is 7.10. The Labute approximate surface area is 141 Å². The van der Waals surface area contributed by atoms with Gasteiger partial charge in [0.15, 0.2) is 0 Å². The normalized spacial score (nSPS) is 18.0. The molecule has 0 radical (unpaired) electrons. The molecule has 0 saturated carbocycles. The summed E-state index contributed by atoms with van der Waals surface area (Å²) in [6, 6.07) is 2.11. The topological polar surface area (TPSA) is 49.3 Å². The van der Waals surface area contributed by atoms with Gasteiger partial charge in [-0.15, -0.1) is 11.3 Å². The van der Waals surface area contributed by atoms with Gasteiger partial charge in [0, 0.05) is 37.4 Å². The molecule has 0 unspecified atom stereocenters. The van der Waals surface area contributed by atoms with Gasteiger partial charge in [0.25, 0.3) is 0 Å². The third-order valence-corrected chi connectivity index (χ3v) is 5.38. The largest absolute Gasteiger partial charge is 0.355 e. The Morgan fingerprint density at radius 1 is 1.48 bits per heavy atom. The molecule has 0 N–H and O–H groups in total. The zero-order chi connectivity index (χ0) is 16.2. The van der Waals surface area contributed by atoms with Gasteiger partial charge in [0.2, 0.25) is 5.91 Å². The van der Waals surface area contributed by atoms with E-state index in [-0.39, 0.29) is 11.8 Å². The van der Waals surface area contributed by atoms with E-state index in [4.69, 9.17) is 0 Å². The minimum Gasteiger partial charge on any atom is -0.355 e. The Bertz CT molecular complexity index is 658. The lowest BCUT2D eigenvalue weighted by Crippen LogP contribution is -2.43. The van der Waals surface area contributed by atoms with Crippen LogP contribution in [0.4, 0.5) is 5.82 Å². The summed E-state index contributed by atoms with van der Waals surface area (Å²) in [5.74, 6) is 1.13. The molecule has 6 heteroatoms.